The van der Waals surface area contributed by atoms with Crippen molar-refractivity contribution in [1.82, 2.24) is 10.4 Å². The lowest BCUT2D eigenvalue weighted by Crippen LogP contribution is -2.49. The lowest BCUT2D eigenvalue weighted by Gasteiger charge is -2.28. The maximum Gasteiger partial charge on any atom is 0.256 e. The third-order valence-electron chi connectivity index (χ3n) is 7.21. The number of carbonyl (C=O) groups is 3. The Balaban J connectivity index is 1.16. The molecule has 2 aromatic carbocycles. The van der Waals surface area contributed by atoms with Crippen molar-refractivity contribution >= 4 is 23.4 Å². The van der Waals surface area contributed by atoms with Crippen LogP contribution in [0.3, 0.4) is 0 Å². The summed E-state index contributed by atoms with van der Waals surface area (Å²) in [7, 11) is 0. The smallest absolute Gasteiger partial charge is 0.256 e. The van der Waals surface area contributed by atoms with Gasteiger partial charge in [-0.05, 0) is 68.7 Å². The van der Waals surface area contributed by atoms with E-state index in [-0.39, 0.29) is 23.7 Å². The van der Waals surface area contributed by atoms with Crippen molar-refractivity contribution in [1.29, 1.82) is 0 Å². The van der Waals surface area contributed by atoms with E-state index in [0.717, 1.165) is 44.2 Å². The fourth-order valence-electron chi connectivity index (χ4n) is 4.98. The SMILES string of the molecule is NC(=O)[C@@H]1CCCN1C(=O)C(CCCCC/C=C\[C@@H]1C[C@@H]1C(=O)NOc1ccccc1)Nc1ccccc1. The van der Waals surface area contributed by atoms with Crippen LogP contribution in [-0.2, 0) is 14.4 Å². The van der Waals surface area contributed by atoms with Gasteiger partial charge in [0.2, 0.25) is 11.8 Å². The van der Waals surface area contributed by atoms with Crippen LogP contribution in [0.4, 0.5) is 5.69 Å². The Kier molecular flexibility index (Phi) is 9.78. The van der Waals surface area contributed by atoms with Gasteiger partial charge in [0.1, 0.15) is 12.1 Å². The van der Waals surface area contributed by atoms with E-state index in [1.54, 1.807) is 17.0 Å². The number of anilines is 1. The molecular weight excluding hydrogens is 480 g/mol. The van der Waals surface area contributed by atoms with Crippen LogP contribution in [0.5, 0.6) is 5.75 Å². The monoisotopic (exact) mass is 518 g/mol. The molecule has 0 bridgehead atoms. The van der Waals surface area contributed by atoms with E-state index >= 15 is 0 Å². The van der Waals surface area contributed by atoms with Gasteiger partial charge in [-0.3, -0.25) is 14.4 Å². The molecular formula is C30H38N4O4. The van der Waals surface area contributed by atoms with Gasteiger partial charge in [-0.25, -0.2) is 0 Å². The summed E-state index contributed by atoms with van der Waals surface area (Å²) in [5.74, 6) is 0.293. The molecule has 1 unspecified atom stereocenters. The number of hydrogen-bond acceptors (Lipinski definition) is 5. The van der Waals surface area contributed by atoms with Gasteiger partial charge >= 0.3 is 0 Å². The number of para-hydroxylation sites is 2. The summed E-state index contributed by atoms with van der Waals surface area (Å²) < 4.78 is 0. The topological polar surface area (TPSA) is 114 Å². The van der Waals surface area contributed by atoms with Crippen LogP contribution in [0, 0.1) is 11.8 Å². The average Bonchev–Trinajstić information content (AvgIpc) is 3.54. The highest BCUT2D eigenvalue weighted by molar-refractivity contribution is 5.91. The predicted octanol–water partition coefficient (Wildman–Crippen LogP) is 4.20. The van der Waals surface area contributed by atoms with Crippen LogP contribution in [0.2, 0.25) is 0 Å². The number of nitrogens with zero attached hydrogens (tertiary/aromatic N) is 1. The number of primary amides is 1. The predicted molar refractivity (Wildman–Crippen MR) is 147 cm³/mol. The maximum absolute atomic E-state index is 13.3. The van der Waals surface area contributed by atoms with Crippen LogP contribution in [0.15, 0.2) is 72.8 Å². The van der Waals surface area contributed by atoms with E-state index in [0.29, 0.717) is 25.1 Å². The van der Waals surface area contributed by atoms with Crippen molar-refractivity contribution in [3.8, 4) is 5.75 Å². The number of nitrogens with one attached hydrogen (secondary N) is 2. The lowest BCUT2D eigenvalue weighted by molar-refractivity contribution is -0.138. The average molecular weight is 519 g/mol. The van der Waals surface area contributed by atoms with E-state index in [9.17, 15) is 14.4 Å². The van der Waals surface area contributed by atoms with Crippen LogP contribution < -0.4 is 21.4 Å². The third kappa shape index (κ3) is 7.84. The molecule has 202 valence electrons. The Morgan fingerprint density at radius 1 is 1.03 bits per heavy atom. The van der Waals surface area contributed by atoms with Crippen LogP contribution in [0.25, 0.3) is 0 Å². The van der Waals surface area contributed by atoms with Gasteiger partial charge < -0.3 is 20.8 Å². The first-order valence-electron chi connectivity index (χ1n) is 13.6. The largest absolute Gasteiger partial charge is 0.380 e. The molecule has 4 atom stereocenters. The van der Waals surface area contributed by atoms with Crippen molar-refractivity contribution in [2.24, 2.45) is 17.6 Å². The Labute approximate surface area is 224 Å². The zero-order chi connectivity index (χ0) is 26.7. The zero-order valence-electron chi connectivity index (χ0n) is 21.8. The first kappa shape index (κ1) is 27.2. The molecule has 4 N–H and O–H groups in total. The standard InChI is InChI=1S/C30H38N4O4/c31-28(35)27-19-12-20-34(27)30(37)26(32-23-14-7-4-8-15-23)18-11-3-1-2-6-13-22-21-25(22)29(36)33-38-24-16-9-5-10-17-24/h4-10,13-17,22,25-27,32H,1-3,11-12,18-21H2,(H2,31,35)(H,33,36)/b13-6-/t22-,25+,26?,27+/m1/s1. The summed E-state index contributed by atoms with van der Waals surface area (Å²) in [6, 6.07) is 18.0. The van der Waals surface area contributed by atoms with E-state index in [2.05, 4.69) is 22.9 Å². The minimum Gasteiger partial charge on any atom is -0.380 e. The highest BCUT2D eigenvalue weighted by atomic mass is 16.7. The molecule has 2 aliphatic rings. The Morgan fingerprint density at radius 2 is 1.76 bits per heavy atom. The molecule has 4 rings (SSSR count). The molecule has 1 saturated carbocycles. The van der Waals surface area contributed by atoms with Gasteiger partial charge in [-0.1, -0.05) is 61.4 Å². The van der Waals surface area contributed by atoms with E-state index in [4.69, 9.17) is 10.6 Å². The number of nitrogens with two attached hydrogens (primary N) is 1. The molecule has 0 radical (unpaired) electrons. The molecule has 8 heteroatoms. The van der Waals surface area contributed by atoms with Crippen molar-refractivity contribution in [3.63, 3.8) is 0 Å². The Bertz CT molecular complexity index is 1090. The first-order valence-corrected chi connectivity index (χ1v) is 13.6. The molecule has 0 spiro atoms. The summed E-state index contributed by atoms with van der Waals surface area (Å²) in [6.07, 6.45) is 11.1. The summed E-state index contributed by atoms with van der Waals surface area (Å²) in [5, 5.41) is 3.37. The van der Waals surface area contributed by atoms with Crippen molar-refractivity contribution < 1.29 is 19.2 Å². The Morgan fingerprint density at radius 3 is 2.50 bits per heavy atom. The van der Waals surface area contributed by atoms with E-state index < -0.39 is 18.0 Å². The molecule has 0 aromatic heterocycles. The van der Waals surface area contributed by atoms with Crippen LogP contribution in [-0.4, -0.2) is 41.2 Å². The number of amides is 3. The van der Waals surface area contributed by atoms with Crippen LogP contribution in [0.1, 0.15) is 51.4 Å². The first-order chi connectivity index (χ1) is 18.5. The summed E-state index contributed by atoms with van der Waals surface area (Å²) >= 11 is 0. The molecule has 38 heavy (non-hydrogen) atoms. The van der Waals surface area contributed by atoms with Crippen molar-refractivity contribution in [2.75, 3.05) is 11.9 Å². The molecule has 3 amide bonds. The fourth-order valence-corrected chi connectivity index (χ4v) is 4.98. The number of allylic oxidation sites excluding steroid dienone is 2. The molecule has 1 heterocycles. The summed E-state index contributed by atoms with van der Waals surface area (Å²) in [5.41, 5.74) is 8.98. The second kappa shape index (κ2) is 13.7. The van der Waals surface area contributed by atoms with Gasteiger partial charge in [0, 0.05) is 18.2 Å². The Hall–Kier alpha value is -3.81. The third-order valence-corrected chi connectivity index (χ3v) is 7.21. The summed E-state index contributed by atoms with van der Waals surface area (Å²) in [4.78, 5) is 44.4. The number of benzene rings is 2. The summed E-state index contributed by atoms with van der Waals surface area (Å²) in [6.45, 7) is 0.572. The van der Waals surface area contributed by atoms with Crippen LogP contribution >= 0.6 is 0 Å². The lowest BCUT2D eigenvalue weighted by atomic mass is 10.0. The maximum atomic E-state index is 13.3. The quantitative estimate of drug-likeness (QED) is 0.197. The van der Waals surface area contributed by atoms with Crippen molar-refractivity contribution in [3.05, 3.63) is 72.8 Å². The minimum absolute atomic E-state index is 0.0272. The number of hydroxylamine groups is 1. The minimum atomic E-state index is -0.508. The highest BCUT2D eigenvalue weighted by Gasteiger charge is 2.41. The second-order valence-electron chi connectivity index (χ2n) is 10.1. The molecule has 1 saturated heterocycles. The number of carbonyl (C=O) groups excluding carboxylic acids is 3. The van der Waals surface area contributed by atoms with Gasteiger partial charge in [-0.2, -0.15) is 5.48 Å². The second-order valence-corrected chi connectivity index (χ2v) is 10.1. The van der Waals surface area contributed by atoms with Gasteiger partial charge in [-0.15, -0.1) is 0 Å². The fraction of sp³-hybridized carbons (Fsp3) is 0.433. The van der Waals surface area contributed by atoms with Gasteiger partial charge in [0.05, 0.1) is 0 Å². The van der Waals surface area contributed by atoms with E-state index in [1.807, 2.05) is 48.5 Å². The number of rotatable bonds is 14. The molecule has 8 nitrogen and oxygen atoms in total. The highest BCUT2D eigenvalue weighted by Crippen LogP contribution is 2.40. The van der Waals surface area contributed by atoms with Crippen molar-refractivity contribution in [2.45, 2.75) is 63.5 Å². The van der Waals surface area contributed by atoms with E-state index in [1.165, 1.54) is 0 Å². The zero-order valence-corrected chi connectivity index (χ0v) is 21.8. The number of likely N-dealkylation sites (tertiary alicyclic amines) is 1. The number of hydrogen-bond donors (Lipinski definition) is 3. The molecule has 1 aliphatic carbocycles. The number of unbranched alkanes of at least 4 members (excludes halogenated alkanes) is 3. The normalized spacial score (nSPS) is 21.2. The molecule has 1 aliphatic heterocycles. The van der Waals surface area contributed by atoms with Gasteiger partial charge in [0.15, 0.2) is 5.75 Å². The molecule has 2 fully saturated rings. The molecule has 2 aromatic rings. The van der Waals surface area contributed by atoms with Gasteiger partial charge in [0.25, 0.3) is 5.91 Å².